The summed E-state index contributed by atoms with van der Waals surface area (Å²) in [5.41, 5.74) is 0.0284. The average molecular weight is 231 g/mol. The molecule has 1 rings (SSSR count). The molecule has 0 aliphatic rings. The van der Waals surface area contributed by atoms with Crippen molar-refractivity contribution in [2.24, 2.45) is 0 Å². The van der Waals surface area contributed by atoms with Crippen molar-refractivity contribution in [3.63, 3.8) is 0 Å². The lowest BCUT2D eigenvalue weighted by Crippen LogP contribution is -2.30. The van der Waals surface area contributed by atoms with Gasteiger partial charge in [-0.25, -0.2) is 0 Å². The fourth-order valence-corrected chi connectivity index (χ4v) is 1.19. The predicted octanol–water partition coefficient (Wildman–Crippen LogP) is 1.28. The Morgan fingerprint density at radius 2 is 2.13 bits per heavy atom. The number of aromatic hydroxyl groups is 2. The van der Waals surface area contributed by atoms with Crippen molar-refractivity contribution in [2.75, 3.05) is 0 Å². The van der Waals surface area contributed by atoms with Gasteiger partial charge in [0.15, 0.2) is 5.75 Å². The molecular formula is C9H11ClN2O3. The van der Waals surface area contributed by atoms with Crippen LogP contribution in [0.5, 0.6) is 11.6 Å². The Hall–Kier alpha value is -1.49. The molecule has 0 atom stereocenters. The van der Waals surface area contributed by atoms with Crippen molar-refractivity contribution >= 4 is 17.5 Å². The third kappa shape index (κ3) is 2.73. The van der Waals surface area contributed by atoms with Crippen LogP contribution >= 0.6 is 11.6 Å². The van der Waals surface area contributed by atoms with Gasteiger partial charge in [-0.2, -0.15) is 4.98 Å². The number of halogens is 1. The van der Waals surface area contributed by atoms with E-state index in [1.165, 1.54) is 0 Å². The predicted molar refractivity (Wildman–Crippen MR) is 55.2 cm³/mol. The molecular weight excluding hydrogens is 220 g/mol. The highest BCUT2D eigenvalue weighted by atomic mass is 35.5. The lowest BCUT2D eigenvalue weighted by molar-refractivity contribution is 0.0942. The maximum atomic E-state index is 11.5. The van der Waals surface area contributed by atoms with Gasteiger partial charge >= 0.3 is 0 Å². The number of hydrogen-bond acceptors (Lipinski definition) is 4. The number of nitrogens with zero attached hydrogens (tertiary/aromatic N) is 1. The zero-order valence-corrected chi connectivity index (χ0v) is 9.04. The lowest BCUT2D eigenvalue weighted by atomic mass is 10.2. The summed E-state index contributed by atoms with van der Waals surface area (Å²) in [6.45, 7) is 3.58. The average Bonchev–Trinajstić information content (AvgIpc) is 2.09. The monoisotopic (exact) mass is 230 g/mol. The van der Waals surface area contributed by atoms with Gasteiger partial charge in [-0.3, -0.25) is 4.79 Å². The fourth-order valence-electron chi connectivity index (χ4n) is 0.970. The molecule has 15 heavy (non-hydrogen) atoms. The number of nitrogens with one attached hydrogen (secondary N) is 1. The van der Waals surface area contributed by atoms with Crippen LogP contribution in [0.15, 0.2) is 6.07 Å². The molecule has 5 nitrogen and oxygen atoms in total. The normalized spacial score (nSPS) is 10.4. The molecule has 3 N–H and O–H groups in total. The van der Waals surface area contributed by atoms with E-state index >= 15 is 0 Å². The molecule has 6 heteroatoms. The van der Waals surface area contributed by atoms with Crippen LogP contribution in [-0.2, 0) is 0 Å². The Bertz CT molecular complexity index is 393. The van der Waals surface area contributed by atoms with Gasteiger partial charge in [-0.1, -0.05) is 11.6 Å². The SMILES string of the molecule is CC(C)NC(=O)c1cc(O)c(O)nc1Cl. The summed E-state index contributed by atoms with van der Waals surface area (Å²) in [5.74, 6) is -1.52. The van der Waals surface area contributed by atoms with Crippen LogP contribution in [0.2, 0.25) is 5.15 Å². The molecule has 1 heterocycles. The first kappa shape index (κ1) is 11.6. The molecule has 0 spiro atoms. The minimum absolute atomic E-state index is 0.0284. The number of rotatable bonds is 2. The van der Waals surface area contributed by atoms with Crippen molar-refractivity contribution in [3.8, 4) is 11.6 Å². The van der Waals surface area contributed by atoms with Crippen LogP contribution in [0, 0.1) is 0 Å². The van der Waals surface area contributed by atoms with E-state index in [0.29, 0.717) is 0 Å². The maximum Gasteiger partial charge on any atom is 0.255 e. The van der Waals surface area contributed by atoms with Crippen molar-refractivity contribution < 1.29 is 15.0 Å². The molecule has 0 saturated carbocycles. The van der Waals surface area contributed by atoms with Crippen LogP contribution < -0.4 is 5.32 Å². The van der Waals surface area contributed by atoms with Gasteiger partial charge in [-0.05, 0) is 13.8 Å². The summed E-state index contributed by atoms with van der Waals surface area (Å²) in [7, 11) is 0. The second-order valence-electron chi connectivity index (χ2n) is 3.30. The second-order valence-corrected chi connectivity index (χ2v) is 3.66. The zero-order valence-electron chi connectivity index (χ0n) is 8.28. The van der Waals surface area contributed by atoms with Gasteiger partial charge in [-0.15, -0.1) is 0 Å². The van der Waals surface area contributed by atoms with E-state index in [1.54, 1.807) is 13.8 Å². The minimum atomic E-state index is -0.596. The smallest absolute Gasteiger partial charge is 0.255 e. The minimum Gasteiger partial charge on any atom is -0.503 e. The second kappa shape index (κ2) is 4.35. The highest BCUT2D eigenvalue weighted by Crippen LogP contribution is 2.27. The molecule has 82 valence electrons. The highest BCUT2D eigenvalue weighted by Gasteiger charge is 2.15. The van der Waals surface area contributed by atoms with Gasteiger partial charge < -0.3 is 15.5 Å². The van der Waals surface area contributed by atoms with Crippen molar-refractivity contribution in [1.82, 2.24) is 10.3 Å². The Kier molecular flexibility index (Phi) is 3.36. The molecule has 0 bridgehead atoms. The summed E-state index contributed by atoms with van der Waals surface area (Å²) >= 11 is 5.64. The number of amides is 1. The lowest BCUT2D eigenvalue weighted by Gasteiger charge is -2.09. The highest BCUT2D eigenvalue weighted by molar-refractivity contribution is 6.32. The first-order chi connectivity index (χ1) is 6.91. The first-order valence-corrected chi connectivity index (χ1v) is 4.69. The van der Waals surface area contributed by atoms with Gasteiger partial charge in [0, 0.05) is 12.1 Å². The number of carbonyl (C=O) groups excluding carboxylic acids is 1. The molecule has 1 amide bonds. The topological polar surface area (TPSA) is 82.5 Å². The molecule has 1 aromatic heterocycles. The molecule has 0 aliphatic heterocycles. The van der Waals surface area contributed by atoms with E-state index in [0.717, 1.165) is 6.07 Å². The summed E-state index contributed by atoms with van der Waals surface area (Å²) in [6.07, 6.45) is 0. The van der Waals surface area contributed by atoms with E-state index in [9.17, 15) is 4.79 Å². The number of pyridine rings is 1. The first-order valence-electron chi connectivity index (χ1n) is 4.31. The van der Waals surface area contributed by atoms with Gasteiger partial charge in [0.1, 0.15) is 5.15 Å². The van der Waals surface area contributed by atoms with E-state index in [1.807, 2.05) is 0 Å². The summed E-state index contributed by atoms with van der Waals surface area (Å²) < 4.78 is 0. The van der Waals surface area contributed by atoms with Gasteiger partial charge in [0.05, 0.1) is 5.56 Å². The van der Waals surface area contributed by atoms with Crippen LogP contribution in [0.25, 0.3) is 0 Å². The van der Waals surface area contributed by atoms with Crippen LogP contribution in [0.3, 0.4) is 0 Å². The third-order valence-electron chi connectivity index (χ3n) is 1.60. The summed E-state index contributed by atoms with van der Waals surface area (Å²) in [5, 5.41) is 20.6. The molecule has 0 aliphatic carbocycles. The van der Waals surface area contributed by atoms with Gasteiger partial charge in [0.25, 0.3) is 11.8 Å². The summed E-state index contributed by atoms with van der Waals surface area (Å²) in [4.78, 5) is 14.9. The Balaban J connectivity index is 3.04. The molecule has 0 radical (unpaired) electrons. The number of hydrogen-bond donors (Lipinski definition) is 3. The molecule has 0 aromatic carbocycles. The summed E-state index contributed by atoms with van der Waals surface area (Å²) in [6, 6.07) is 1.02. The van der Waals surface area contributed by atoms with Crippen LogP contribution in [0.1, 0.15) is 24.2 Å². The maximum absolute atomic E-state index is 11.5. The number of carbonyl (C=O) groups is 1. The Morgan fingerprint density at radius 3 is 2.67 bits per heavy atom. The van der Waals surface area contributed by atoms with Crippen molar-refractivity contribution in [3.05, 3.63) is 16.8 Å². The zero-order chi connectivity index (χ0) is 11.6. The van der Waals surface area contributed by atoms with Crippen molar-refractivity contribution in [1.29, 1.82) is 0 Å². The number of aromatic nitrogens is 1. The van der Waals surface area contributed by atoms with Crippen LogP contribution in [-0.4, -0.2) is 27.1 Å². The quantitative estimate of drug-likeness (QED) is 0.669. The molecule has 0 unspecified atom stereocenters. The van der Waals surface area contributed by atoms with Crippen LogP contribution in [0.4, 0.5) is 0 Å². The third-order valence-corrected chi connectivity index (χ3v) is 1.89. The molecule has 0 fully saturated rings. The van der Waals surface area contributed by atoms with E-state index in [4.69, 9.17) is 21.8 Å². The van der Waals surface area contributed by atoms with E-state index in [2.05, 4.69) is 10.3 Å². The van der Waals surface area contributed by atoms with E-state index < -0.39 is 17.5 Å². The Morgan fingerprint density at radius 1 is 1.53 bits per heavy atom. The standard InChI is InChI=1S/C9H11ClN2O3/c1-4(2)11-8(14)5-3-6(13)9(15)12-7(5)10/h3-4,13H,1-2H3,(H,11,14)(H,12,15). The molecule has 1 aromatic rings. The van der Waals surface area contributed by atoms with Gasteiger partial charge in [0.2, 0.25) is 0 Å². The fraction of sp³-hybridized carbons (Fsp3) is 0.333. The van der Waals surface area contributed by atoms with E-state index in [-0.39, 0.29) is 16.8 Å². The largest absolute Gasteiger partial charge is 0.503 e. The Labute approximate surface area is 91.7 Å². The van der Waals surface area contributed by atoms with Crippen molar-refractivity contribution in [2.45, 2.75) is 19.9 Å². The molecule has 0 saturated heterocycles.